The number of nitrogens with one attached hydrogen (secondary N) is 1. The second-order valence-corrected chi connectivity index (χ2v) is 3.09. The molecule has 0 atom stereocenters. The normalized spacial score (nSPS) is 10.0. The minimum Gasteiger partial charge on any atom is -0.338 e. The third-order valence-electron chi connectivity index (χ3n) is 1.91. The van der Waals surface area contributed by atoms with Gasteiger partial charge in [0.1, 0.15) is 17.5 Å². The van der Waals surface area contributed by atoms with Gasteiger partial charge in [-0.15, -0.1) is 0 Å². The van der Waals surface area contributed by atoms with E-state index in [2.05, 4.69) is 15.3 Å². The van der Waals surface area contributed by atoms with Gasteiger partial charge in [0.2, 0.25) is 0 Å². The molecule has 0 saturated carbocycles. The van der Waals surface area contributed by atoms with E-state index >= 15 is 0 Å². The van der Waals surface area contributed by atoms with Crippen molar-refractivity contribution < 1.29 is 4.39 Å². The predicted octanol–water partition coefficient (Wildman–Crippen LogP) is 2.67. The van der Waals surface area contributed by atoms with E-state index in [1.54, 1.807) is 37.4 Å². The summed E-state index contributed by atoms with van der Waals surface area (Å²) in [6, 6.07) is 8.16. The predicted molar refractivity (Wildman–Crippen MR) is 56.5 cm³/mol. The van der Waals surface area contributed by atoms with Gasteiger partial charge in [-0.25, -0.2) is 14.4 Å². The molecule has 1 aromatic heterocycles. The van der Waals surface area contributed by atoms with Crippen LogP contribution in [-0.4, -0.2) is 9.97 Å². The molecule has 0 bridgehead atoms. The molecule has 0 aliphatic carbocycles. The van der Waals surface area contributed by atoms with Gasteiger partial charge in [-0.1, -0.05) is 12.1 Å². The quantitative estimate of drug-likeness (QED) is 0.815. The van der Waals surface area contributed by atoms with Crippen LogP contribution in [0.4, 0.5) is 15.9 Å². The van der Waals surface area contributed by atoms with Gasteiger partial charge in [0.05, 0.1) is 5.69 Å². The van der Waals surface area contributed by atoms with Crippen molar-refractivity contribution in [1.29, 1.82) is 0 Å². The topological polar surface area (TPSA) is 37.8 Å². The molecule has 2 rings (SSSR count). The van der Waals surface area contributed by atoms with E-state index in [9.17, 15) is 4.39 Å². The third kappa shape index (κ3) is 2.28. The first kappa shape index (κ1) is 9.58. The monoisotopic (exact) mass is 203 g/mol. The molecule has 0 fully saturated rings. The lowest BCUT2D eigenvalue weighted by Gasteiger charge is -2.06. The zero-order valence-corrected chi connectivity index (χ0v) is 8.24. The van der Waals surface area contributed by atoms with Crippen LogP contribution >= 0.6 is 0 Å². The Morgan fingerprint density at radius 1 is 1.20 bits per heavy atom. The van der Waals surface area contributed by atoms with E-state index in [4.69, 9.17) is 0 Å². The summed E-state index contributed by atoms with van der Waals surface area (Å²) in [5.41, 5.74) is 0.413. The highest BCUT2D eigenvalue weighted by Crippen LogP contribution is 2.17. The van der Waals surface area contributed by atoms with Gasteiger partial charge in [0.15, 0.2) is 0 Å². The Hall–Kier alpha value is -1.97. The van der Waals surface area contributed by atoms with Gasteiger partial charge in [0, 0.05) is 6.20 Å². The summed E-state index contributed by atoms with van der Waals surface area (Å²) >= 11 is 0. The first-order chi connectivity index (χ1) is 7.25. The Morgan fingerprint density at radius 2 is 2.00 bits per heavy atom. The highest BCUT2D eigenvalue weighted by molar-refractivity contribution is 5.56. The molecule has 15 heavy (non-hydrogen) atoms. The fourth-order valence-electron chi connectivity index (χ4n) is 1.23. The Bertz CT molecular complexity index is 471. The SMILES string of the molecule is Cc1nccc(Nc2ccccc2F)n1. The molecule has 4 heteroatoms. The van der Waals surface area contributed by atoms with E-state index < -0.39 is 0 Å². The molecular weight excluding hydrogens is 193 g/mol. The zero-order valence-electron chi connectivity index (χ0n) is 8.24. The third-order valence-corrected chi connectivity index (χ3v) is 1.91. The Balaban J connectivity index is 2.26. The van der Waals surface area contributed by atoms with Crippen molar-refractivity contribution in [3.8, 4) is 0 Å². The Kier molecular flexibility index (Phi) is 2.58. The number of aromatic nitrogens is 2. The Morgan fingerprint density at radius 3 is 2.73 bits per heavy atom. The van der Waals surface area contributed by atoms with Crippen molar-refractivity contribution in [2.24, 2.45) is 0 Å². The average Bonchev–Trinajstić information content (AvgIpc) is 2.22. The van der Waals surface area contributed by atoms with Gasteiger partial charge in [0.25, 0.3) is 0 Å². The van der Waals surface area contributed by atoms with Crippen LogP contribution in [0.1, 0.15) is 5.82 Å². The van der Waals surface area contributed by atoms with Gasteiger partial charge >= 0.3 is 0 Å². The molecule has 0 spiro atoms. The van der Waals surface area contributed by atoms with Gasteiger partial charge in [-0.2, -0.15) is 0 Å². The summed E-state index contributed by atoms with van der Waals surface area (Å²) in [5, 5.41) is 2.89. The highest BCUT2D eigenvalue weighted by Gasteiger charge is 2.01. The summed E-state index contributed by atoms with van der Waals surface area (Å²) in [4.78, 5) is 8.08. The minimum absolute atomic E-state index is 0.297. The van der Waals surface area contributed by atoms with Crippen molar-refractivity contribution in [3.63, 3.8) is 0 Å². The number of para-hydroxylation sites is 1. The number of hydrogen-bond acceptors (Lipinski definition) is 3. The lowest BCUT2D eigenvalue weighted by molar-refractivity contribution is 0.632. The fourth-order valence-corrected chi connectivity index (χ4v) is 1.23. The number of anilines is 2. The number of nitrogens with zero attached hydrogens (tertiary/aromatic N) is 2. The van der Waals surface area contributed by atoms with Crippen LogP contribution in [0.5, 0.6) is 0 Å². The molecule has 0 aliphatic heterocycles. The average molecular weight is 203 g/mol. The lowest BCUT2D eigenvalue weighted by Crippen LogP contribution is -1.97. The Labute approximate surface area is 87.0 Å². The fraction of sp³-hybridized carbons (Fsp3) is 0.0909. The molecule has 0 amide bonds. The molecule has 2 aromatic rings. The molecule has 0 unspecified atom stereocenters. The maximum Gasteiger partial charge on any atom is 0.146 e. The maximum absolute atomic E-state index is 13.3. The summed E-state index contributed by atoms with van der Waals surface area (Å²) in [5.74, 6) is 0.942. The molecule has 3 nitrogen and oxygen atoms in total. The van der Waals surface area contributed by atoms with Crippen molar-refractivity contribution in [2.75, 3.05) is 5.32 Å². The van der Waals surface area contributed by atoms with Crippen LogP contribution in [0.3, 0.4) is 0 Å². The van der Waals surface area contributed by atoms with Crippen molar-refractivity contribution in [1.82, 2.24) is 9.97 Å². The summed E-state index contributed by atoms with van der Waals surface area (Å²) < 4.78 is 13.3. The lowest BCUT2D eigenvalue weighted by atomic mass is 10.3. The van der Waals surface area contributed by atoms with E-state index in [-0.39, 0.29) is 5.82 Å². The number of hydrogen-bond donors (Lipinski definition) is 1. The summed E-state index contributed by atoms with van der Waals surface area (Å²) in [7, 11) is 0. The summed E-state index contributed by atoms with van der Waals surface area (Å²) in [6.07, 6.45) is 1.63. The second kappa shape index (κ2) is 4.04. The van der Waals surface area contributed by atoms with Crippen LogP contribution in [0.2, 0.25) is 0 Å². The van der Waals surface area contributed by atoms with Crippen molar-refractivity contribution >= 4 is 11.5 Å². The largest absolute Gasteiger partial charge is 0.338 e. The van der Waals surface area contributed by atoms with E-state index in [0.29, 0.717) is 17.3 Å². The summed E-state index contributed by atoms with van der Waals surface area (Å²) in [6.45, 7) is 1.78. The van der Waals surface area contributed by atoms with E-state index in [0.717, 1.165) is 0 Å². The van der Waals surface area contributed by atoms with Crippen LogP contribution in [-0.2, 0) is 0 Å². The smallest absolute Gasteiger partial charge is 0.146 e. The van der Waals surface area contributed by atoms with Gasteiger partial charge in [-0.3, -0.25) is 0 Å². The molecule has 76 valence electrons. The molecular formula is C11H10FN3. The first-order valence-electron chi connectivity index (χ1n) is 4.57. The number of aryl methyl sites for hydroxylation is 1. The van der Waals surface area contributed by atoms with Crippen molar-refractivity contribution in [3.05, 3.63) is 48.2 Å². The van der Waals surface area contributed by atoms with Gasteiger partial charge < -0.3 is 5.32 Å². The van der Waals surface area contributed by atoms with Gasteiger partial charge in [-0.05, 0) is 25.1 Å². The zero-order chi connectivity index (χ0) is 10.7. The van der Waals surface area contributed by atoms with Crippen LogP contribution in [0.15, 0.2) is 36.5 Å². The molecule has 1 aromatic carbocycles. The standard InChI is InChI=1S/C11H10FN3/c1-8-13-7-6-11(14-8)15-10-5-3-2-4-9(10)12/h2-7H,1H3,(H,13,14,15). The first-order valence-corrected chi connectivity index (χ1v) is 4.57. The van der Waals surface area contributed by atoms with Crippen LogP contribution in [0.25, 0.3) is 0 Å². The van der Waals surface area contributed by atoms with Crippen LogP contribution < -0.4 is 5.32 Å². The number of halogens is 1. The van der Waals surface area contributed by atoms with Crippen LogP contribution in [0, 0.1) is 12.7 Å². The molecule has 1 heterocycles. The molecule has 1 N–H and O–H groups in total. The molecule has 0 saturated heterocycles. The minimum atomic E-state index is -0.297. The van der Waals surface area contributed by atoms with Crippen molar-refractivity contribution in [2.45, 2.75) is 6.92 Å². The maximum atomic E-state index is 13.3. The highest BCUT2D eigenvalue weighted by atomic mass is 19.1. The number of rotatable bonds is 2. The van der Waals surface area contributed by atoms with E-state index in [1.807, 2.05) is 0 Å². The molecule has 0 aliphatic rings. The van der Waals surface area contributed by atoms with E-state index in [1.165, 1.54) is 6.07 Å². The second-order valence-electron chi connectivity index (χ2n) is 3.09. The number of benzene rings is 1. The molecule has 0 radical (unpaired) electrons.